The molecule has 7 heteroatoms. The number of sulfonamides is 1. The van der Waals surface area contributed by atoms with Crippen molar-refractivity contribution in [1.29, 1.82) is 0 Å². The van der Waals surface area contributed by atoms with Gasteiger partial charge in [0.25, 0.3) is 0 Å². The summed E-state index contributed by atoms with van der Waals surface area (Å²) in [5.74, 6) is 0. The van der Waals surface area contributed by atoms with E-state index in [0.29, 0.717) is 31.9 Å². The first-order valence-corrected chi connectivity index (χ1v) is 6.82. The topological polar surface area (TPSA) is 94.3 Å². The molecule has 1 rings (SSSR count). The molecule has 0 amide bonds. The highest BCUT2D eigenvalue weighted by atomic mass is 32.2. The number of anilines is 1. The van der Waals surface area contributed by atoms with Gasteiger partial charge in [0.05, 0.1) is 5.69 Å². The van der Waals surface area contributed by atoms with Crippen LogP contribution in [0.4, 0.5) is 5.69 Å². The van der Waals surface area contributed by atoms with E-state index in [2.05, 4.69) is 9.71 Å². The molecule has 1 aromatic rings. The number of nitrogens with zero attached hydrogens (tertiary/aromatic N) is 1. The Hall–Kier alpha value is -1.18. The molecule has 0 atom stereocenters. The van der Waals surface area contributed by atoms with Crippen molar-refractivity contribution in [3.8, 4) is 0 Å². The second-order valence-corrected chi connectivity index (χ2v) is 5.17. The van der Waals surface area contributed by atoms with Crippen LogP contribution in [0.25, 0.3) is 0 Å². The molecule has 17 heavy (non-hydrogen) atoms. The molecule has 0 aromatic carbocycles. The van der Waals surface area contributed by atoms with Crippen molar-refractivity contribution in [2.75, 3.05) is 25.5 Å². The van der Waals surface area contributed by atoms with Crippen LogP contribution >= 0.6 is 0 Å². The van der Waals surface area contributed by atoms with Crippen LogP contribution in [-0.2, 0) is 14.8 Å². The van der Waals surface area contributed by atoms with Gasteiger partial charge in [0.2, 0.25) is 10.0 Å². The number of hydrogen-bond acceptors (Lipinski definition) is 5. The first-order valence-electron chi connectivity index (χ1n) is 5.34. The lowest BCUT2D eigenvalue weighted by Gasteiger charge is -2.06. The van der Waals surface area contributed by atoms with E-state index in [1.54, 1.807) is 0 Å². The minimum Gasteiger partial charge on any atom is -0.397 e. The molecule has 0 aliphatic rings. The summed E-state index contributed by atoms with van der Waals surface area (Å²) >= 11 is 0. The van der Waals surface area contributed by atoms with Crippen molar-refractivity contribution in [2.45, 2.75) is 18.2 Å². The smallest absolute Gasteiger partial charge is 0.242 e. The van der Waals surface area contributed by atoms with Gasteiger partial charge in [-0.2, -0.15) is 0 Å². The van der Waals surface area contributed by atoms with E-state index in [4.69, 9.17) is 10.5 Å². The molecule has 0 fully saturated rings. The number of nitrogens with one attached hydrogen (secondary N) is 1. The quantitative estimate of drug-likeness (QED) is 0.690. The fourth-order valence-corrected chi connectivity index (χ4v) is 2.26. The van der Waals surface area contributed by atoms with Gasteiger partial charge in [0.1, 0.15) is 4.90 Å². The minimum absolute atomic E-state index is 0.0777. The summed E-state index contributed by atoms with van der Waals surface area (Å²) in [5.41, 5.74) is 5.80. The Morgan fingerprint density at radius 1 is 1.47 bits per heavy atom. The summed E-state index contributed by atoms with van der Waals surface area (Å²) in [6.07, 6.45) is 3.29. The van der Waals surface area contributed by atoms with Crippen LogP contribution in [0.15, 0.2) is 23.4 Å². The zero-order chi connectivity index (χ0) is 12.7. The summed E-state index contributed by atoms with van der Waals surface area (Å²) in [6.45, 7) is 3.39. The van der Waals surface area contributed by atoms with Crippen molar-refractivity contribution < 1.29 is 13.2 Å². The standard InChI is InChI=1S/C10H17N3O3S/c1-2-16-5-3-4-13-17(14,15)10-6-9(11)7-12-8-10/h6-8,13H,2-5,11H2,1H3. The fraction of sp³-hybridized carbons (Fsp3) is 0.500. The van der Waals surface area contributed by atoms with Crippen LogP contribution in [0, 0.1) is 0 Å². The predicted octanol–water partition coefficient (Wildman–Crippen LogP) is 0.369. The Morgan fingerprint density at radius 3 is 2.88 bits per heavy atom. The Labute approximate surface area is 101 Å². The van der Waals surface area contributed by atoms with E-state index < -0.39 is 10.0 Å². The maximum atomic E-state index is 11.8. The average molecular weight is 259 g/mol. The van der Waals surface area contributed by atoms with Gasteiger partial charge in [0.15, 0.2) is 0 Å². The predicted molar refractivity (Wildman–Crippen MR) is 64.9 cm³/mol. The molecular formula is C10H17N3O3S. The van der Waals surface area contributed by atoms with E-state index in [9.17, 15) is 8.42 Å². The molecule has 96 valence electrons. The lowest BCUT2D eigenvalue weighted by molar-refractivity contribution is 0.146. The van der Waals surface area contributed by atoms with Gasteiger partial charge in [-0.15, -0.1) is 0 Å². The number of nitrogen functional groups attached to an aromatic ring is 1. The number of nitrogens with two attached hydrogens (primary N) is 1. The summed E-state index contributed by atoms with van der Waals surface area (Å²) in [4.78, 5) is 3.82. The zero-order valence-electron chi connectivity index (χ0n) is 9.72. The van der Waals surface area contributed by atoms with Crippen LogP contribution < -0.4 is 10.5 Å². The third-order valence-electron chi connectivity index (χ3n) is 2.01. The molecule has 1 heterocycles. The molecule has 0 saturated heterocycles. The molecule has 0 bridgehead atoms. The lowest BCUT2D eigenvalue weighted by Crippen LogP contribution is -2.25. The Kier molecular flexibility index (Phi) is 5.33. The van der Waals surface area contributed by atoms with Gasteiger partial charge in [-0.05, 0) is 19.4 Å². The van der Waals surface area contributed by atoms with Gasteiger partial charge < -0.3 is 10.5 Å². The number of aromatic nitrogens is 1. The van der Waals surface area contributed by atoms with Gasteiger partial charge in [-0.1, -0.05) is 0 Å². The van der Waals surface area contributed by atoms with E-state index >= 15 is 0 Å². The molecule has 1 aromatic heterocycles. The summed E-state index contributed by atoms with van der Waals surface area (Å²) in [6, 6.07) is 1.37. The van der Waals surface area contributed by atoms with E-state index in [0.717, 1.165) is 0 Å². The molecule has 0 aliphatic heterocycles. The maximum Gasteiger partial charge on any atom is 0.242 e. The largest absolute Gasteiger partial charge is 0.397 e. The van der Waals surface area contributed by atoms with Gasteiger partial charge in [0, 0.05) is 32.2 Å². The van der Waals surface area contributed by atoms with E-state index in [1.807, 2.05) is 6.92 Å². The van der Waals surface area contributed by atoms with Crippen molar-refractivity contribution in [1.82, 2.24) is 9.71 Å². The normalized spacial score (nSPS) is 11.6. The van der Waals surface area contributed by atoms with E-state index in [-0.39, 0.29) is 4.90 Å². The number of hydrogen-bond donors (Lipinski definition) is 2. The third kappa shape index (κ3) is 4.68. The highest BCUT2D eigenvalue weighted by Crippen LogP contribution is 2.10. The first kappa shape index (κ1) is 13.9. The zero-order valence-corrected chi connectivity index (χ0v) is 10.5. The third-order valence-corrected chi connectivity index (χ3v) is 3.43. The average Bonchev–Trinajstić information content (AvgIpc) is 2.29. The van der Waals surface area contributed by atoms with Crippen LogP contribution in [-0.4, -0.2) is 33.2 Å². The minimum atomic E-state index is -3.52. The molecule has 0 spiro atoms. The fourth-order valence-electron chi connectivity index (χ4n) is 1.19. The highest BCUT2D eigenvalue weighted by molar-refractivity contribution is 7.89. The molecule has 0 aliphatic carbocycles. The molecule has 3 N–H and O–H groups in total. The lowest BCUT2D eigenvalue weighted by atomic mass is 10.4. The summed E-state index contributed by atoms with van der Waals surface area (Å²) in [5, 5.41) is 0. The first-order chi connectivity index (χ1) is 8.06. The van der Waals surface area contributed by atoms with Crippen LogP contribution in [0.2, 0.25) is 0 Å². The van der Waals surface area contributed by atoms with Gasteiger partial charge in [-0.25, -0.2) is 13.1 Å². The number of pyridine rings is 1. The van der Waals surface area contributed by atoms with Crippen LogP contribution in [0.1, 0.15) is 13.3 Å². The molecule has 0 unspecified atom stereocenters. The molecular weight excluding hydrogens is 242 g/mol. The Balaban J connectivity index is 2.51. The monoisotopic (exact) mass is 259 g/mol. The van der Waals surface area contributed by atoms with Gasteiger partial charge >= 0.3 is 0 Å². The van der Waals surface area contributed by atoms with Crippen molar-refractivity contribution >= 4 is 15.7 Å². The molecule has 6 nitrogen and oxygen atoms in total. The van der Waals surface area contributed by atoms with Crippen molar-refractivity contribution in [3.05, 3.63) is 18.5 Å². The number of ether oxygens (including phenoxy) is 1. The number of rotatable bonds is 7. The SMILES string of the molecule is CCOCCCNS(=O)(=O)c1cncc(N)c1. The highest BCUT2D eigenvalue weighted by Gasteiger charge is 2.13. The summed E-state index contributed by atoms with van der Waals surface area (Å²) < 4.78 is 31.1. The summed E-state index contributed by atoms with van der Waals surface area (Å²) in [7, 11) is -3.52. The maximum absolute atomic E-state index is 11.8. The second kappa shape index (κ2) is 6.53. The van der Waals surface area contributed by atoms with Crippen LogP contribution in [0.3, 0.4) is 0 Å². The van der Waals surface area contributed by atoms with Crippen molar-refractivity contribution in [2.24, 2.45) is 0 Å². The van der Waals surface area contributed by atoms with Crippen LogP contribution in [0.5, 0.6) is 0 Å². The Bertz CT molecular complexity index is 448. The van der Waals surface area contributed by atoms with Crippen molar-refractivity contribution in [3.63, 3.8) is 0 Å². The second-order valence-electron chi connectivity index (χ2n) is 3.40. The molecule has 0 saturated carbocycles. The Morgan fingerprint density at radius 2 is 2.24 bits per heavy atom. The van der Waals surface area contributed by atoms with E-state index in [1.165, 1.54) is 18.5 Å². The molecule has 0 radical (unpaired) electrons. The van der Waals surface area contributed by atoms with Gasteiger partial charge in [-0.3, -0.25) is 4.98 Å².